The van der Waals surface area contributed by atoms with Crippen LogP contribution in [0.25, 0.3) is 77.0 Å². The van der Waals surface area contributed by atoms with Gasteiger partial charge in [-0.25, -0.2) is 9.97 Å². The third-order valence-electron chi connectivity index (χ3n) is 10.5. The maximum atomic E-state index is 4.83. The monoisotopic (exact) mass is 692 g/mol. The Kier molecular flexibility index (Phi) is 8.07. The molecule has 0 unspecified atom stereocenters. The minimum absolute atomic E-state index is 0.00381. The Hall–Kier alpha value is -5.42. The van der Waals surface area contributed by atoms with Gasteiger partial charge in [0.2, 0.25) is 0 Å². The van der Waals surface area contributed by atoms with Gasteiger partial charge in [-0.1, -0.05) is 147 Å². The summed E-state index contributed by atoms with van der Waals surface area (Å²) >= 11 is 3.49. The van der Waals surface area contributed by atoms with Crippen LogP contribution in [0, 0.1) is 0 Å². The van der Waals surface area contributed by atoms with E-state index in [1.807, 2.05) is 12.1 Å². The number of nitrogens with zero attached hydrogens (tertiary/aromatic N) is 2. The van der Waals surface area contributed by atoms with Gasteiger partial charge in [-0.3, -0.25) is 0 Å². The van der Waals surface area contributed by atoms with Crippen molar-refractivity contribution in [1.29, 1.82) is 0 Å². The van der Waals surface area contributed by atoms with E-state index in [0.29, 0.717) is 0 Å². The molecule has 246 valence electrons. The zero-order valence-corrected chi connectivity index (χ0v) is 30.3. The predicted octanol–water partition coefficient (Wildman–Crippen LogP) is 13.7. The molecule has 6 aromatic carbocycles. The molecule has 2 heterocycles. The lowest BCUT2D eigenvalue weighted by atomic mass is 9.73. The molecule has 0 fully saturated rings. The van der Waals surface area contributed by atoms with Crippen molar-refractivity contribution in [3.8, 4) is 32.3 Å². The molecule has 4 heteroatoms. The molecule has 8 aromatic rings. The molecule has 9 rings (SSSR count). The van der Waals surface area contributed by atoms with Gasteiger partial charge in [0.15, 0.2) is 0 Å². The Morgan fingerprint density at radius 2 is 0.863 bits per heavy atom. The second-order valence-corrected chi connectivity index (χ2v) is 15.3. The number of hydrogen-bond acceptors (Lipinski definition) is 4. The number of hydrogen-bond donors (Lipinski definition) is 0. The van der Waals surface area contributed by atoms with Crippen molar-refractivity contribution >= 4 is 67.4 Å². The first-order valence-corrected chi connectivity index (χ1v) is 19.3. The number of aromatic nitrogens is 2. The van der Waals surface area contributed by atoms with Crippen LogP contribution in [0.5, 0.6) is 0 Å². The molecule has 1 aliphatic rings. The van der Waals surface area contributed by atoms with E-state index in [1.165, 1.54) is 53.9 Å². The molecule has 0 saturated heterocycles. The Morgan fingerprint density at radius 3 is 1.27 bits per heavy atom. The largest absolute Gasteiger partial charge is 0.236 e. The summed E-state index contributed by atoms with van der Waals surface area (Å²) in [4.78, 5) is 9.66. The normalized spacial score (nSPS) is 13.5. The molecule has 0 saturated carbocycles. The molecular weight excluding hydrogens is 657 g/mol. The fourth-order valence-electron chi connectivity index (χ4n) is 7.60. The standard InChI is InChI=1S/C47H36N2S2/c1-3-47(4-2)39-29-33(15-13-31-17-23-35(24-18-31)45-48-41-9-5-7-11-43(41)50-45)21-27-37(39)38-28-22-34(30-40(38)47)16-14-32-19-25-36(26-20-32)46-49-42-10-6-8-12-44(42)51-46/h5-30H,3-4H2,1-2H3/b15-13+,16-14+. The van der Waals surface area contributed by atoms with Crippen LogP contribution in [0.3, 0.4) is 0 Å². The van der Waals surface area contributed by atoms with E-state index in [0.717, 1.165) is 45.0 Å². The van der Waals surface area contributed by atoms with Crippen LogP contribution in [0.1, 0.15) is 60.1 Å². The Labute approximate surface area is 307 Å². The van der Waals surface area contributed by atoms with Crippen LogP contribution in [0.4, 0.5) is 0 Å². The topological polar surface area (TPSA) is 25.8 Å². The van der Waals surface area contributed by atoms with Gasteiger partial charge in [0, 0.05) is 16.5 Å². The highest BCUT2D eigenvalue weighted by atomic mass is 32.1. The van der Waals surface area contributed by atoms with E-state index >= 15 is 0 Å². The van der Waals surface area contributed by atoms with Gasteiger partial charge in [-0.2, -0.15) is 0 Å². The molecule has 0 amide bonds. The van der Waals surface area contributed by atoms with Crippen molar-refractivity contribution < 1.29 is 0 Å². The summed E-state index contributed by atoms with van der Waals surface area (Å²) in [5, 5.41) is 2.13. The number of para-hydroxylation sites is 2. The summed E-state index contributed by atoms with van der Waals surface area (Å²) < 4.78 is 2.45. The van der Waals surface area contributed by atoms with Crippen LogP contribution >= 0.6 is 22.7 Å². The smallest absolute Gasteiger partial charge is 0.124 e. The maximum Gasteiger partial charge on any atom is 0.124 e. The van der Waals surface area contributed by atoms with E-state index in [9.17, 15) is 0 Å². The third kappa shape index (κ3) is 5.75. The lowest BCUT2D eigenvalue weighted by molar-refractivity contribution is 0.490. The second kappa shape index (κ2) is 13.0. The van der Waals surface area contributed by atoms with E-state index in [-0.39, 0.29) is 5.41 Å². The van der Waals surface area contributed by atoms with Crippen molar-refractivity contribution in [2.45, 2.75) is 32.1 Å². The molecule has 2 aromatic heterocycles. The SMILES string of the molecule is CCC1(CC)c2cc(/C=C/c3ccc(-c4nc5ccccc5s4)cc3)ccc2-c2ccc(/C=C/c3ccc(-c4nc5ccccc5s4)cc3)cc21. The zero-order valence-electron chi connectivity index (χ0n) is 28.6. The van der Waals surface area contributed by atoms with E-state index in [4.69, 9.17) is 9.97 Å². The van der Waals surface area contributed by atoms with E-state index in [2.05, 4.69) is 159 Å². The highest BCUT2D eigenvalue weighted by Gasteiger charge is 2.40. The van der Waals surface area contributed by atoms with Crippen molar-refractivity contribution in [2.75, 3.05) is 0 Å². The minimum atomic E-state index is -0.00381. The Morgan fingerprint density at radius 1 is 0.471 bits per heavy atom. The average Bonchev–Trinajstić information content (AvgIpc) is 3.89. The van der Waals surface area contributed by atoms with E-state index in [1.54, 1.807) is 22.7 Å². The number of fused-ring (bicyclic) bond motifs is 5. The predicted molar refractivity (Wildman–Crippen MR) is 221 cm³/mol. The Balaban J connectivity index is 0.944. The number of rotatable bonds is 8. The van der Waals surface area contributed by atoms with Crippen molar-refractivity contribution in [1.82, 2.24) is 9.97 Å². The van der Waals surface area contributed by atoms with Gasteiger partial charge >= 0.3 is 0 Å². The molecule has 2 nitrogen and oxygen atoms in total. The number of benzene rings is 6. The lowest BCUT2D eigenvalue weighted by Gasteiger charge is -2.30. The summed E-state index contributed by atoms with van der Waals surface area (Å²) in [5.41, 5.74) is 14.9. The molecular formula is C47H36N2S2. The van der Waals surface area contributed by atoms with Gasteiger partial charge < -0.3 is 0 Å². The van der Waals surface area contributed by atoms with Gasteiger partial charge in [0.1, 0.15) is 10.0 Å². The molecule has 0 aliphatic heterocycles. The first kappa shape index (κ1) is 31.6. The second-order valence-electron chi connectivity index (χ2n) is 13.3. The van der Waals surface area contributed by atoms with Gasteiger partial charge in [-0.15, -0.1) is 22.7 Å². The first-order valence-electron chi connectivity index (χ1n) is 17.7. The van der Waals surface area contributed by atoms with Crippen LogP contribution in [0.15, 0.2) is 133 Å². The summed E-state index contributed by atoms with van der Waals surface area (Å²) in [6.45, 7) is 4.68. The molecule has 0 atom stereocenters. The summed E-state index contributed by atoms with van der Waals surface area (Å²) in [6, 6.07) is 48.2. The first-order chi connectivity index (χ1) is 25.1. The lowest BCUT2D eigenvalue weighted by Crippen LogP contribution is -2.23. The molecule has 0 bridgehead atoms. The zero-order chi connectivity index (χ0) is 34.4. The highest BCUT2D eigenvalue weighted by molar-refractivity contribution is 7.22. The minimum Gasteiger partial charge on any atom is -0.236 e. The summed E-state index contributed by atoms with van der Waals surface area (Å²) in [7, 11) is 0. The maximum absolute atomic E-state index is 4.83. The quantitative estimate of drug-likeness (QED) is 0.148. The summed E-state index contributed by atoms with van der Waals surface area (Å²) in [5.74, 6) is 0. The average molecular weight is 693 g/mol. The molecule has 51 heavy (non-hydrogen) atoms. The fraction of sp³-hybridized carbons (Fsp3) is 0.106. The fourth-order valence-corrected chi connectivity index (χ4v) is 9.54. The van der Waals surface area contributed by atoms with Crippen LogP contribution in [0.2, 0.25) is 0 Å². The Bertz CT molecular complexity index is 2350. The van der Waals surface area contributed by atoms with Gasteiger partial charge in [0.05, 0.1) is 20.4 Å². The molecule has 0 N–H and O–H groups in total. The van der Waals surface area contributed by atoms with Crippen molar-refractivity contribution in [3.63, 3.8) is 0 Å². The van der Waals surface area contributed by atoms with E-state index < -0.39 is 0 Å². The molecule has 1 aliphatic carbocycles. The van der Waals surface area contributed by atoms with Crippen LogP contribution in [-0.4, -0.2) is 9.97 Å². The molecule has 0 spiro atoms. The third-order valence-corrected chi connectivity index (χ3v) is 12.6. The highest BCUT2D eigenvalue weighted by Crippen LogP contribution is 2.53. The van der Waals surface area contributed by atoms with Crippen molar-refractivity contribution in [2.24, 2.45) is 0 Å². The number of thiazole rings is 2. The van der Waals surface area contributed by atoms with Crippen LogP contribution in [-0.2, 0) is 5.41 Å². The summed E-state index contributed by atoms with van der Waals surface area (Å²) in [6.07, 6.45) is 11.1. The van der Waals surface area contributed by atoms with Gasteiger partial charge in [0.25, 0.3) is 0 Å². The van der Waals surface area contributed by atoms with Crippen molar-refractivity contribution in [3.05, 3.63) is 167 Å². The van der Waals surface area contributed by atoms with Crippen LogP contribution < -0.4 is 0 Å². The van der Waals surface area contributed by atoms with Gasteiger partial charge in [-0.05, 0) is 81.6 Å². The molecule has 0 radical (unpaired) electrons.